The van der Waals surface area contributed by atoms with E-state index in [1.807, 2.05) is 91.0 Å². The van der Waals surface area contributed by atoms with E-state index in [1.165, 1.54) is 6.20 Å². The molecule has 0 fully saturated rings. The third-order valence-corrected chi connectivity index (χ3v) is 7.23. The maximum absolute atomic E-state index is 12.9. The van der Waals surface area contributed by atoms with E-state index in [0.717, 1.165) is 21.6 Å². The van der Waals surface area contributed by atoms with Crippen LogP contribution in [0.2, 0.25) is 0 Å². The molecule has 2 N–H and O–H groups in total. The van der Waals surface area contributed by atoms with Crippen LogP contribution in [0.4, 0.5) is 9.59 Å². The summed E-state index contributed by atoms with van der Waals surface area (Å²) in [7, 11) is 0. The highest BCUT2D eigenvalue weighted by atomic mass is 16.6. The van der Waals surface area contributed by atoms with Crippen molar-refractivity contribution in [1.82, 2.24) is 14.9 Å². The monoisotopic (exact) mass is 637 g/mol. The second kappa shape index (κ2) is 14.5. The van der Waals surface area contributed by atoms with Crippen molar-refractivity contribution in [3.8, 4) is 0 Å². The van der Waals surface area contributed by atoms with Crippen molar-refractivity contribution < 1.29 is 29.0 Å². The Kier molecular flexibility index (Phi) is 10.7. The lowest BCUT2D eigenvalue weighted by molar-refractivity contribution is -0.130. The molecule has 9 nitrogen and oxygen atoms in total. The summed E-state index contributed by atoms with van der Waals surface area (Å²) in [4.78, 5) is 47.4. The van der Waals surface area contributed by atoms with Crippen LogP contribution in [0, 0.1) is 0 Å². The summed E-state index contributed by atoms with van der Waals surface area (Å²) < 4.78 is 10.9. The van der Waals surface area contributed by atoms with Gasteiger partial charge in [-0.05, 0) is 71.1 Å². The average molecular weight is 638 g/mol. The average Bonchev–Trinajstić information content (AvgIpc) is 3.49. The zero-order chi connectivity index (χ0) is 34.2. The summed E-state index contributed by atoms with van der Waals surface area (Å²) in [6.07, 6.45) is 1.97. The molecular weight excluding hydrogens is 594 g/mol. The zero-order valence-corrected chi connectivity index (χ0v) is 27.8. The van der Waals surface area contributed by atoms with E-state index in [-0.39, 0.29) is 25.0 Å². The zero-order valence-electron chi connectivity index (χ0n) is 27.8. The van der Waals surface area contributed by atoms with Gasteiger partial charge >= 0.3 is 18.2 Å². The summed E-state index contributed by atoms with van der Waals surface area (Å²) in [5.74, 6) is -0.578. The number of benzene rings is 3. The molecule has 0 unspecified atom stereocenters. The molecule has 9 heteroatoms. The number of carboxylic acid groups (broad SMARTS) is 1. The first-order chi connectivity index (χ1) is 22.2. The lowest BCUT2D eigenvalue weighted by atomic mass is 9.69. The number of imidazole rings is 1. The van der Waals surface area contributed by atoms with Gasteiger partial charge in [0.25, 0.3) is 0 Å². The number of amides is 2. The van der Waals surface area contributed by atoms with Crippen molar-refractivity contribution >= 4 is 23.7 Å². The molecule has 1 heterocycles. The second-order valence-corrected chi connectivity index (χ2v) is 13.2. The van der Waals surface area contributed by atoms with Crippen molar-refractivity contribution in [2.75, 3.05) is 6.54 Å². The van der Waals surface area contributed by atoms with Gasteiger partial charge in [-0.25, -0.2) is 24.3 Å². The highest BCUT2D eigenvalue weighted by Crippen LogP contribution is 2.44. The van der Waals surface area contributed by atoms with Crippen molar-refractivity contribution in [2.24, 2.45) is 0 Å². The largest absolute Gasteiger partial charge is 0.478 e. The number of H-pyrrole nitrogens is 1. The Balaban J connectivity index is 1.68. The number of unbranched alkanes of at least 4 members (excludes halogenated alkanes) is 1. The molecule has 0 radical (unpaired) electrons. The van der Waals surface area contributed by atoms with Crippen LogP contribution in [0.3, 0.4) is 0 Å². The van der Waals surface area contributed by atoms with Gasteiger partial charge in [0.15, 0.2) is 0 Å². The van der Waals surface area contributed by atoms with E-state index in [0.29, 0.717) is 11.5 Å². The Morgan fingerprint density at radius 1 is 0.745 bits per heavy atom. The van der Waals surface area contributed by atoms with E-state index >= 15 is 0 Å². The van der Waals surface area contributed by atoms with Gasteiger partial charge in [0.05, 0.1) is 17.5 Å². The third kappa shape index (κ3) is 8.55. The number of ether oxygens (including phenoxy) is 2. The van der Waals surface area contributed by atoms with Crippen LogP contribution in [-0.4, -0.2) is 55.9 Å². The molecule has 0 saturated carbocycles. The van der Waals surface area contributed by atoms with Gasteiger partial charge in [-0.2, -0.15) is 0 Å². The highest BCUT2D eigenvalue weighted by Gasteiger charge is 2.41. The van der Waals surface area contributed by atoms with Gasteiger partial charge in [-0.1, -0.05) is 97.1 Å². The third-order valence-electron chi connectivity index (χ3n) is 7.23. The number of rotatable bonds is 10. The smallest absolute Gasteiger partial charge is 0.419 e. The Morgan fingerprint density at radius 2 is 1.17 bits per heavy atom. The Morgan fingerprint density at radius 3 is 1.55 bits per heavy atom. The maximum Gasteiger partial charge on any atom is 0.419 e. The summed E-state index contributed by atoms with van der Waals surface area (Å²) in [5, 5.41) is 10.3. The predicted octanol–water partition coefficient (Wildman–Crippen LogP) is 8.21. The maximum atomic E-state index is 12.9. The van der Waals surface area contributed by atoms with E-state index in [9.17, 15) is 19.5 Å². The summed E-state index contributed by atoms with van der Waals surface area (Å²) in [6, 6.07) is 29.9. The number of carbonyl (C=O) groups is 3. The Bertz CT molecular complexity index is 1560. The van der Waals surface area contributed by atoms with E-state index in [1.54, 1.807) is 47.6 Å². The van der Waals surface area contributed by atoms with Gasteiger partial charge in [0.1, 0.15) is 22.4 Å². The molecule has 1 aromatic heterocycles. The van der Waals surface area contributed by atoms with E-state index < -0.39 is 34.8 Å². The molecule has 4 aromatic rings. The SMILES string of the molecule is CC(C)(C)OC(=O)N(CCCC=C(C(=O)O)c1cnc(C(c2ccccc2)(c2ccccc2)c2ccccc2)[nH]1)C(=O)OC(C)(C)C. The minimum atomic E-state index is -1.14. The minimum absolute atomic E-state index is 0.0212. The number of nitrogens with one attached hydrogen (secondary N) is 1. The van der Waals surface area contributed by atoms with Gasteiger partial charge in [-0.3, -0.25) is 0 Å². The number of hydrogen-bond acceptors (Lipinski definition) is 6. The molecule has 0 atom stereocenters. The van der Waals surface area contributed by atoms with Crippen molar-refractivity contribution in [3.63, 3.8) is 0 Å². The van der Waals surface area contributed by atoms with Gasteiger partial charge < -0.3 is 19.6 Å². The van der Waals surface area contributed by atoms with Crippen LogP contribution >= 0.6 is 0 Å². The minimum Gasteiger partial charge on any atom is -0.478 e. The summed E-state index contributed by atoms with van der Waals surface area (Å²) in [5.41, 5.74) is 0.730. The Hall–Kier alpha value is -5.18. The highest BCUT2D eigenvalue weighted by molar-refractivity contribution is 6.14. The molecule has 0 aliphatic heterocycles. The van der Waals surface area contributed by atoms with Crippen molar-refractivity contribution in [3.05, 3.63) is 131 Å². The van der Waals surface area contributed by atoms with Crippen LogP contribution in [0.25, 0.3) is 5.57 Å². The molecule has 4 rings (SSSR count). The van der Waals surface area contributed by atoms with Crippen LogP contribution < -0.4 is 0 Å². The number of carbonyl (C=O) groups excluding carboxylic acids is 2. The van der Waals surface area contributed by atoms with Gasteiger partial charge in [-0.15, -0.1) is 0 Å². The molecular formula is C38H43N3O6. The fraction of sp³-hybridized carbons (Fsp3) is 0.316. The number of aromatic amines is 1. The number of allylic oxidation sites excluding steroid dienone is 1. The van der Waals surface area contributed by atoms with Crippen LogP contribution in [0.5, 0.6) is 0 Å². The predicted molar refractivity (Wildman–Crippen MR) is 181 cm³/mol. The lowest BCUT2D eigenvalue weighted by Gasteiger charge is -2.34. The fourth-order valence-corrected chi connectivity index (χ4v) is 5.32. The molecule has 0 spiro atoms. The van der Waals surface area contributed by atoms with Crippen LogP contribution in [-0.2, 0) is 19.7 Å². The second-order valence-electron chi connectivity index (χ2n) is 13.2. The number of aromatic nitrogens is 2. The first-order valence-corrected chi connectivity index (χ1v) is 15.6. The standard InChI is InChI=1S/C38H43N3O6/c1-36(2,3)46-34(44)41(35(45)47-37(4,5)6)25-17-16-24-30(32(42)43)31-26-39-33(40-31)38(27-18-10-7-11-19-27,28-20-12-8-13-21-28)29-22-14-9-15-23-29/h7-15,18-24,26H,16-17,25H2,1-6H3,(H,39,40)(H,42,43). The lowest BCUT2D eigenvalue weighted by Crippen LogP contribution is -2.44. The van der Waals surface area contributed by atoms with Crippen molar-refractivity contribution in [2.45, 2.75) is 71.0 Å². The van der Waals surface area contributed by atoms with Crippen LogP contribution in [0.15, 0.2) is 103 Å². The number of imide groups is 1. The topological polar surface area (TPSA) is 122 Å². The molecule has 246 valence electrons. The van der Waals surface area contributed by atoms with Crippen LogP contribution in [0.1, 0.15) is 82.6 Å². The molecule has 3 aromatic carbocycles. The Labute approximate surface area is 276 Å². The normalized spacial score (nSPS) is 12.3. The number of carboxylic acids is 1. The number of nitrogens with zero attached hydrogens (tertiary/aromatic N) is 2. The van der Waals surface area contributed by atoms with Crippen molar-refractivity contribution in [1.29, 1.82) is 0 Å². The first-order valence-electron chi connectivity index (χ1n) is 15.6. The van der Waals surface area contributed by atoms with E-state index in [2.05, 4.69) is 4.98 Å². The molecule has 0 aliphatic carbocycles. The van der Waals surface area contributed by atoms with Gasteiger partial charge in [0.2, 0.25) is 0 Å². The first kappa shape index (κ1) is 34.7. The molecule has 0 saturated heterocycles. The molecule has 0 aliphatic rings. The summed E-state index contributed by atoms with van der Waals surface area (Å²) in [6.45, 7) is 10.2. The number of aliphatic carboxylic acids is 1. The number of hydrogen-bond donors (Lipinski definition) is 2. The molecule has 0 bridgehead atoms. The summed E-state index contributed by atoms with van der Waals surface area (Å²) >= 11 is 0. The fourth-order valence-electron chi connectivity index (χ4n) is 5.32. The van der Waals surface area contributed by atoms with Gasteiger partial charge in [0, 0.05) is 6.54 Å². The molecule has 2 amide bonds. The molecule has 47 heavy (non-hydrogen) atoms. The van der Waals surface area contributed by atoms with E-state index in [4.69, 9.17) is 14.5 Å². The quantitative estimate of drug-likeness (QED) is 0.102.